The van der Waals surface area contributed by atoms with Gasteiger partial charge in [-0.25, -0.2) is 4.98 Å². The molecule has 0 atom stereocenters. The molecular formula is C54H31N3S2. The number of thiophene rings is 2. The Bertz CT molecular complexity index is 3850. The molecule has 0 aliphatic heterocycles. The fraction of sp³-hybridized carbons (Fsp3) is 0. The number of pyridine rings is 2. The molecule has 0 saturated heterocycles. The quantitative estimate of drug-likeness (QED) is 0.166. The minimum atomic E-state index is 0.942. The molecule has 0 unspecified atom stereocenters. The third-order valence-electron chi connectivity index (χ3n) is 12.0. The van der Waals surface area contributed by atoms with Crippen LogP contribution < -0.4 is 0 Å². The standard InChI is InChI=1S/C54H31N3S2/c1-3-12-48-39(9-1)41-19-15-34(31-51(41)59-48)38-26-36(25-37(27-38)33-18-22-50-46(29-33)40-10-2-4-13-49(40)58-50)32-16-21-43-45(28-32)44-30-35(47-11-5-7-23-55-47)17-20-42(44)53-54(43)57-24-8-6-14-52(57)56-53/h1-31H. The second-order valence-corrected chi connectivity index (χ2v) is 17.6. The zero-order valence-corrected chi connectivity index (χ0v) is 33.2. The number of nitrogens with zero attached hydrogens (tertiary/aromatic N) is 3. The summed E-state index contributed by atoms with van der Waals surface area (Å²) in [6.07, 6.45) is 3.99. The van der Waals surface area contributed by atoms with Crippen LogP contribution in [0.1, 0.15) is 0 Å². The Morgan fingerprint density at radius 3 is 1.69 bits per heavy atom. The third kappa shape index (κ3) is 5.12. The first kappa shape index (κ1) is 32.9. The molecule has 13 rings (SSSR count). The Kier molecular flexibility index (Phi) is 7.05. The molecule has 59 heavy (non-hydrogen) atoms. The van der Waals surface area contributed by atoms with Crippen molar-refractivity contribution in [1.82, 2.24) is 14.4 Å². The summed E-state index contributed by atoms with van der Waals surface area (Å²) in [6, 6.07) is 64.7. The van der Waals surface area contributed by atoms with E-state index in [2.05, 4.69) is 180 Å². The van der Waals surface area contributed by atoms with Crippen LogP contribution in [-0.2, 0) is 0 Å². The van der Waals surface area contributed by atoms with Crippen LogP contribution in [0, 0.1) is 0 Å². The van der Waals surface area contributed by atoms with E-state index in [4.69, 9.17) is 9.97 Å². The van der Waals surface area contributed by atoms with Gasteiger partial charge in [0.2, 0.25) is 0 Å². The molecule has 274 valence electrons. The molecule has 0 N–H and O–H groups in total. The highest BCUT2D eigenvalue weighted by molar-refractivity contribution is 7.26. The van der Waals surface area contributed by atoms with Crippen molar-refractivity contribution in [3.05, 3.63) is 188 Å². The fourth-order valence-corrected chi connectivity index (χ4v) is 11.4. The monoisotopic (exact) mass is 785 g/mol. The molecule has 3 nitrogen and oxygen atoms in total. The van der Waals surface area contributed by atoms with E-state index in [1.165, 1.54) is 89.9 Å². The van der Waals surface area contributed by atoms with E-state index in [1.807, 2.05) is 34.9 Å². The van der Waals surface area contributed by atoms with Crippen molar-refractivity contribution in [2.75, 3.05) is 0 Å². The summed E-state index contributed by atoms with van der Waals surface area (Å²) in [5.74, 6) is 0. The summed E-state index contributed by atoms with van der Waals surface area (Å²) < 4.78 is 7.49. The summed E-state index contributed by atoms with van der Waals surface area (Å²) in [7, 11) is 0. The Morgan fingerprint density at radius 2 is 0.915 bits per heavy atom. The molecule has 8 aromatic carbocycles. The molecule has 0 aliphatic carbocycles. The molecule has 0 spiro atoms. The highest BCUT2D eigenvalue weighted by Crippen LogP contribution is 2.43. The predicted molar refractivity (Wildman–Crippen MR) is 253 cm³/mol. The number of fused-ring (bicyclic) bond motifs is 14. The van der Waals surface area contributed by atoms with Crippen molar-refractivity contribution < 1.29 is 0 Å². The molecule has 0 fully saturated rings. The number of hydrogen-bond donors (Lipinski definition) is 0. The van der Waals surface area contributed by atoms with Gasteiger partial charge >= 0.3 is 0 Å². The Hall–Kier alpha value is -7.18. The summed E-state index contributed by atoms with van der Waals surface area (Å²) in [5, 5.41) is 9.92. The summed E-state index contributed by atoms with van der Waals surface area (Å²) >= 11 is 3.73. The highest BCUT2D eigenvalue weighted by atomic mass is 32.1. The zero-order valence-electron chi connectivity index (χ0n) is 31.6. The fourth-order valence-electron chi connectivity index (χ4n) is 9.20. The van der Waals surface area contributed by atoms with Gasteiger partial charge in [-0.05, 0) is 129 Å². The summed E-state index contributed by atoms with van der Waals surface area (Å²) in [4.78, 5) is 9.91. The largest absolute Gasteiger partial charge is 0.299 e. The van der Waals surface area contributed by atoms with Crippen molar-refractivity contribution >= 4 is 101 Å². The molecule has 5 heteroatoms. The summed E-state index contributed by atoms with van der Waals surface area (Å²) in [5.41, 5.74) is 12.3. The Balaban J connectivity index is 1.07. The molecule has 0 aliphatic rings. The van der Waals surface area contributed by atoms with Crippen LogP contribution in [0.5, 0.6) is 0 Å². The minimum Gasteiger partial charge on any atom is -0.299 e. The first-order chi connectivity index (χ1) is 29.2. The normalized spacial score (nSPS) is 12.1. The van der Waals surface area contributed by atoms with Crippen LogP contribution in [0.25, 0.3) is 123 Å². The Labute approximate surface area is 346 Å². The van der Waals surface area contributed by atoms with Gasteiger partial charge in [0.1, 0.15) is 5.65 Å². The van der Waals surface area contributed by atoms with Crippen LogP contribution in [0.3, 0.4) is 0 Å². The van der Waals surface area contributed by atoms with Gasteiger partial charge in [0.05, 0.1) is 16.7 Å². The number of rotatable bonds is 4. The van der Waals surface area contributed by atoms with E-state index in [0.29, 0.717) is 0 Å². The van der Waals surface area contributed by atoms with E-state index in [1.54, 1.807) is 0 Å². The van der Waals surface area contributed by atoms with Crippen LogP contribution in [-0.4, -0.2) is 14.4 Å². The molecule has 13 aromatic rings. The van der Waals surface area contributed by atoms with Gasteiger partial charge in [0, 0.05) is 69.1 Å². The zero-order chi connectivity index (χ0) is 38.6. The number of benzene rings is 8. The smallest absolute Gasteiger partial charge is 0.137 e. The minimum absolute atomic E-state index is 0.942. The van der Waals surface area contributed by atoms with E-state index in [9.17, 15) is 0 Å². The van der Waals surface area contributed by atoms with E-state index in [-0.39, 0.29) is 0 Å². The lowest BCUT2D eigenvalue weighted by atomic mass is 9.90. The molecular weight excluding hydrogens is 755 g/mol. The van der Waals surface area contributed by atoms with E-state index >= 15 is 0 Å². The van der Waals surface area contributed by atoms with Crippen LogP contribution in [0.2, 0.25) is 0 Å². The average molecular weight is 786 g/mol. The van der Waals surface area contributed by atoms with Crippen LogP contribution >= 0.6 is 22.7 Å². The van der Waals surface area contributed by atoms with Crippen molar-refractivity contribution in [2.24, 2.45) is 0 Å². The van der Waals surface area contributed by atoms with E-state index in [0.717, 1.165) is 33.3 Å². The van der Waals surface area contributed by atoms with Crippen LogP contribution in [0.4, 0.5) is 0 Å². The van der Waals surface area contributed by atoms with Crippen molar-refractivity contribution in [2.45, 2.75) is 0 Å². The van der Waals surface area contributed by atoms with Gasteiger partial charge in [-0.2, -0.15) is 0 Å². The molecule has 0 saturated carbocycles. The SMILES string of the molecule is c1ccc(-c2ccc3c(c2)c2cc(-c4cc(-c5ccc6c(c5)sc5ccccc56)cc(-c5ccc6sc7ccccc7c6c5)c4)ccc2c2c3nc3ccccn32)nc1. The molecule has 0 amide bonds. The summed E-state index contributed by atoms with van der Waals surface area (Å²) in [6.45, 7) is 0. The molecule has 5 heterocycles. The lowest BCUT2D eigenvalue weighted by Crippen LogP contribution is -1.90. The third-order valence-corrected chi connectivity index (χ3v) is 14.3. The second kappa shape index (κ2) is 12.7. The number of hydrogen-bond acceptors (Lipinski definition) is 4. The average Bonchev–Trinajstić information content (AvgIpc) is 4.00. The van der Waals surface area contributed by atoms with E-state index < -0.39 is 0 Å². The van der Waals surface area contributed by atoms with Gasteiger partial charge in [0.25, 0.3) is 0 Å². The molecule has 0 radical (unpaired) electrons. The van der Waals surface area contributed by atoms with Gasteiger partial charge in [0.15, 0.2) is 0 Å². The van der Waals surface area contributed by atoms with Crippen molar-refractivity contribution in [1.29, 1.82) is 0 Å². The van der Waals surface area contributed by atoms with Crippen molar-refractivity contribution in [3.63, 3.8) is 0 Å². The van der Waals surface area contributed by atoms with Crippen molar-refractivity contribution in [3.8, 4) is 44.6 Å². The van der Waals surface area contributed by atoms with Gasteiger partial charge in [-0.15, -0.1) is 22.7 Å². The number of aromatic nitrogens is 3. The Morgan fingerprint density at radius 1 is 0.356 bits per heavy atom. The first-order valence-electron chi connectivity index (χ1n) is 19.9. The second-order valence-electron chi connectivity index (χ2n) is 15.4. The van der Waals surface area contributed by atoms with Gasteiger partial charge in [-0.1, -0.05) is 91.0 Å². The topological polar surface area (TPSA) is 30.2 Å². The lowest BCUT2D eigenvalue weighted by molar-refractivity contribution is 1.23. The predicted octanol–water partition coefficient (Wildman–Crippen LogP) is 15.6. The van der Waals surface area contributed by atoms with Crippen LogP contribution in [0.15, 0.2) is 188 Å². The lowest BCUT2D eigenvalue weighted by Gasteiger charge is -2.14. The maximum Gasteiger partial charge on any atom is 0.137 e. The highest BCUT2D eigenvalue weighted by Gasteiger charge is 2.18. The van der Waals surface area contributed by atoms with Gasteiger partial charge in [-0.3, -0.25) is 9.38 Å². The number of imidazole rings is 1. The maximum absolute atomic E-state index is 5.19. The molecule has 5 aromatic heterocycles. The molecule has 0 bridgehead atoms. The van der Waals surface area contributed by atoms with Gasteiger partial charge < -0.3 is 0 Å². The first-order valence-corrected chi connectivity index (χ1v) is 21.5. The maximum atomic E-state index is 5.19.